The van der Waals surface area contributed by atoms with Crippen LogP contribution >= 0.6 is 0 Å². The number of benzene rings is 3. The van der Waals surface area contributed by atoms with Crippen LogP contribution in [0.3, 0.4) is 0 Å². The lowest BCUT2D eigenvalue weighted by Gasteiger charge is -2.22. The third-order valence-electron chi connectivity index (χ3n) is 4.57. The molecule has 0 unspecified atom stereocenters. The number of nitrogens with zero attached hydrogens (tertiary/aromatic N) is 1. The minimum Gasteiger partial charge on any atom is -0.497 e. The van der Waals surface area contributed by atoms with Gasteiger partial charge in [0.2, 0.25) is 15.9 Å². The van der Waals surface area contributed by atoms with E-state index in [1.807, 2.05) is 0 Å². The van der Waals surface area contributed by atoms with Crippen molar-refractivity contribution < 1.29 is 30.8 Å². The van der Waals surface area contributed by atoms with Crippen molar-refractivity contribution in [3.05, 3.63) is 78.6 Å². The highest BCUT2D eigenvalue weighted by Crippen LogP contribution is 2.21. The van der Waals surface area contributed by atoms with Crippen LogP contribution in [-0.2, 0) is 24.8 Å². The van der Waals surface area contributed by atoms with Gasteiger partial charge in [0, 0.05) is 11.4 Å². The zero-order valence-electron chi connectivity index (χ0n) is 18.2. The maximum absolute atomic E-state index is 13.5. The fourth-order valence-corrected chi connectivity index (χ4v) is 4.86. The maximum atomic E-state index is 13.5. The van der Waals surface area contributed by atoms with Crippen LogP contribution < -0.4 is 19.1 Å². The van der Waals surface area contributed by atoms with E-state index in [0.29, 0.717) is 11.4 Å². The largest absolute Gasteiger partial charge is 0.497 e. The Hall–Kier alpha value is -3.64. The number of anilines is 3. The predicted octanol–water partition coefficient (Wildman–Crippen LogP) is 3.04. The van der Waals surface area contributed by atoms with Crippen LogP contribution in [0.25, 0.3) is 0 Å². The second-order valence-electron chi connectivity index (χ2n) is 7.16. The number of hydrogen-bond acceptors (Lipinski definition) is 6. The molecular weight excluding hydrogens is 485 g/mol. The van der Waals surface area contributed by atoms with Crippen molar-refractivity contribution in [3.8, 4) is 5.75 Å². The zero-order chi connectivity index (χ0) is 24.9. The molecule has 0 saturated heterocycles. The summed E-state index contributed by atoms with van der Waals surface area (Å²) in [5, 5.41) is 2.50. The van der Waals surface area contributed by atoms with E-state index in [0.717, 1.165) is 22.7 Å². The van der Waals surface area contributed by atoms with E-state index in [1.165, 1.54) is 43.5 Å². The average molecular weight is 508 g/mol. The molecule has 3 aromatic rings. The minimum atomic E-state index is -3.88. The smallest absolute Gasteiger partial charge is 0.261 e. The zero-order valence-corrected chi connectivity index (χ0v) is 19.9. The van der Waals surface area contributed by atoms with E-state index in [2.05, 4.69) is 10.0 Å². The lowest BCUT2D eigenvalue weighted by Crippen LogP contribution is -2.37. The van der Waals surface area contributed by atoms with Gasteiger partial charge < -0.3 is 10.1 Å². The number of halogens is 1. The van der Waals surface area contributed by atoms with Crippen molar-refractivity contribution in [2.75, 3.05) is 34.3 Å². The Morgan fingerprint density at radius 1 is 0.941 bits per heavy atom. The van der Waals surface area contributed by atoms with Crippen LogP contribution in [0, 0.1) is 5.82 Å². The molecule has 3 rings (SSSR count). The van der Waals surface area contributed by atoms with Crippen molar-refractivity contribution in [2.24, 2.45) is 0 Å². The molecule has 0 saturated carbocycles. The topological polar surface area (TPSA) is 122 Å². The molecule has 0 aliphatic heterocycles. The number of nitrogens with one attached hydrogen (secondary N) is 2. The molecule has 0 bridgehead atoms. The summed E-state index contributed by atoms with van der Waals surface area (Å²) in [5.41, 5.74) is 0.598. The van der Waals surface area contributed by atoms with Gasteiger partial charge in [0.15, 0.2) is 0 Å². The third kappa shape index (κ3) is 6.45. The molecule has 0 heterocycles. The van der Waals surface area contributed by atoms with Crippen LogP contribution in [0.1, 0.15) is 0 Å². The summed E-state index contributed by atoms with van der Waals surface area (Å²) in [6, 6.07) is 16.5. The van der Waals surface area contributed by atoms with Crippen molar-refractivity contribution in [2.45, 2.75) is 4.90 Å². The highest BCUT2D eigenvalue weighted by atomic mass is 32.2. The lowest BCUT2D eigenvalue weighted by atomic mass is 10.3. The van der Waals surface area contributed by atoms with E-state index in [1.54, 1.807) is 24.3 Å². The molecule has 0 fully saturated rings. The van der Waals surface area contributed by atoms with Crippen molar-refractivity contribution in [3.63, 3.8) is 0 Å². The number of methoxy groups -OCH3 is 1. The Labute approximate surface area is 197 Å². The van der Waals surface area contributed by atoms with Gasteiger partial charge in [0.1, 0.15) is 18.1 Å². The highest BCUT2D eigenvalue weighted by molar-refractivity contribution is 7.92. The van der Waals surface area contributed by atoms with Gasteiger partial charge in [-0.15, -0.1) is 0 Å². The van der Waals surface area contributed by atoms with Gasteiger partial charge in [-0.3, -0.25) is 13.8 Å². The Balaban J connectivity index is 1.69. The van der Waals surface area contributed by atoms with Crippen LogP contribution in [0.15, 0.2) is 77.7 Å². The first kappa shape index (κ1) is 25.0. The van der Waals surface area contributed by atoms with Crippen LogP contribution in [-0.4, -0.2) is 42.7 Å². The molecule has 0 aliphatic carbocycles. The standard InChI is InChI=1S/C22H22FN3O6S2/c1-32-20-10-6-18(7-11-20)25-34(30,31)21-12-8-17(9-13-21)24-22(27)15-26(33(2,28)29)19-5-3-4-16(23)14-19/h3-14,25H,15H2,1-2H3,(H,24,27). The second kappa shape index (κ2) is 10.1. The summed E-state index contributed by atoms with van der Waals surface area (Å²) >= 11 is 0. The first-order chi connectivity index (χ1) is 16.0. The van der Waals surface area contributed by atoms with Crippen LogP contribution in [0.2, 0.25) is 0 Å². The van der Waals surface area contributed by atoms with E-state index in [-0.39, 0.29) is 16.3 Å². The number of carbonyl (C=O) groups is 1. The lowest BCUT2D eigenvalue weighted by molar-refractivity contribution is -0.114. The Morgan fingerprint density at radius 3 is 2.12 bits per heavy atom. The molecule has 9 nitrogen and oxygen atoms in total. The van der Waals surface area contributed by atoms with Gasteiger partial charge in [0.25, 0.3) is 10.0 Å². The van der Waals surface area contributed by atoms with Gasteiger partial charge in [0.05, 0.1) is 23.9 Å². The summed E-state index contributed by atoms with van der Waals surface area (Å²) in [6.45, 7) is -0.596. The molecule has 1 amide bonds. The molecular formula is C22H22FN3O6S2. The molecule has 2 N–H and O–H groups in total. The number of amides is 1. The Kier molecular flexibility index (Phi) is 7.42. The monoisotopic (exact) mass is 507 g/mol. The summed E-state index contributed by atoms with van der Waals surface area (Å²) in [7, 11) is -6.26. The normalized spacial score (nSPS) is 11.5. The molecule has 180 valence electrons. The number of hydrogen-bond donors (Lipinski definition) is 2. The fraction of sp³-hybridized carbons (Fsp3) is 0.136. The second-order valence-corrected chi connectivity index (χ2v) is 10.7. The summed E-state index contributed by atoms with van der Waals surface area (Å²) in [5.74, 6) is -0.761. The van der Waals surface area contributed by atoms with Gasteiger partial charge in [-0.2, -0.15) is 0 Å². The van der Waals surface area contributed by atoms with Crippen molar-refractivity contribution in [1.29, 1.82) is 0 Å². The SMILES string of the molecule is COc1ccc(NS(=O)(=O)c2ccc(NC(=O)CN(c3cccc(F)c3)S(C)(=O)=O)cc2)cc1. The van der Waals surface area contributed by atoms with Gasteiger partial charge in [-0.1, -0.05) is 6.07 Å². The molecule has 0 aliphatic rings. The summed E-state index contributed by atoms with van der Waals surface area (Å²) < 4.78 is 71.2. The molecule has 34 heavy (non-hydrogen) atoms. The minimum absolute atomic E-state index is 0.00342. The van der Waals surface area contributed by atoms with Gasteiger partial charge in [-0.05, 0) is 66.7 Å². The van der Waals surface area contributed by atoms with Crippen LogP contribution in [0.4, 0.5) is 21.5 Å². The quantitative estimate of drug-likeness (QED) is 0.459. The van der Waals surface area contributed by atoms with E-state index < -0.39 is 38.3 Å². The molecule has 3 aromatic carbocycles. The fourth-order valence-electron chi connectivity index (χ4n) is 2.95. The maximum Gasteiger partial charge on any atom is 0.261 e. The number of ether oxygens (including phenoxy) is 1. The van der Waals surface area contributed by atoms with Crippen molar-refractivity contribution >= 4 is 43.0 Å². The Bertz CT molecular complexity index is 1380. The first-order valence-electron chi connectivity index (χ1n) is 9.78. The third-order valence-corrected chi connectivity index (χ3v) is 7.11. The molecule has 0 radical (unpaired) electrons. The average Bonchev–Trinajstić information content (AvgIpc) is 2.77. The number of rotatable bonds is 9. The van der Waals surface area contributed by atoms with E-state index in [4.69, 9.17) is 4.74 Å². The van der Waals surface area contributed by atoms with Crippen molar-refractivity contribution in [1.82, 2.24) is 0 Å². The van der Waals surface area contributed by atoms with Crippen LogP contribution in [0.5, 0.6) is 5.75 Å². The van der Waals surface area contributed by atoms with E-state index >= 15 is 0 Å². The van der Waals surface area contributed by atoms with Gasteiger partial charge in [-0.25, -0.2) is 21.2 Å². The molecule has 0 spiro atoms. The first-order valence-corrected chi connectivity index (χ1v) is 13.1. The summed E-state index contributed by atoms with van der Waals surface area (Å²) in [4.78, 5) is 12.4. The van der Waals surface area contributed by atoms with E-state index in [9.17, 15) is 26.0 Å². The number of carbonyl (C=O) groups excluding carboxylic acids is 1. The van der Waals surface area contributed by atoms with Gasteiger partial charge >= 0.3 is 0 Å². The molecule has 0 aromatic heterocycles. The highest BCUT2D eigenvalue weighted by Gasteiger charge is 2.21. The summed E-state index contributed by atoms with van der Waals surface area (Å²) in [6.07, 6.45) is 0.903. The molecule has 0 atom stereocenters. The predicted molar refractivity (Wildman–Crippen MR) is 127 cm³/mol. The Morgan fingerprint density at radius 2 is 1.56 bits per heavy atom. The number of sulfonamides is 2. The molecule has 12 heteroatoms.